The average molecular weight is 210 g/mol. The third-order valence-electron chi connectivity index (χ3n) is 1.63. The third kappa shape index (κ3) is 2.78. The molecule has 0 fully saturated rings. The molecule has 0 saturated heterocycles. The van der Waals surface area contributed by atoms with Gasteiger partial charge in [0.05, 0.1) is 17.7 Å². The zero-order chi connectivity index (χ0) is 11.3. The zero-order valence-corrected chi connectivity index (χ0v) is 8.10. The lowest BCUT2D eigenvalue weighted by molar-refractivity contribution is -0.236. The summed E-state index contributed by atoms with van der Waals surface area (Å²) in [5.41, 5.74) is -0.138. The van der Waals surface area contributed by atoms with Gasteiger partial charge in [-0.1, -0.05) is 12.1 Å². The molecule has 0 bridgehead atoms. The van der Waals surface area contributed by atoms with Crippen molar-refractivity contribution in [2.75, 3.05) is 6.61 Å². The van der Waals surface area contributed by atoms with Gasteiger partial charge in [-0.15, -0.1) is 0 Å². The fourth-order valence-corrected chi connectivity index (χ4v) is 1.00. The number of hydrogen-bond donors (Lipinski definition) is 1. The molecular weight excluding hydrogens is 200 g/mol. The number of carbonyl (C=O) groups is 2. The van der Waals surface area contributed by atoms with Crippen LogP contribution in [0.2, 0.25) is 0 Å². The summed E-state index contributed by atoms with van der Waals surface area (Å²) in [5.74, 6) is -1.99. The fraction of sp³-hybridized carbons (Fsp3) is 0.200. The Bertz CT molecular complexity index is 372. The molecule has 0 unspecified atom stereocenters. The van der Waals surface area contributed by atoms with E-state index in [0.29, 0.717) is 0 Å². The van der Waals surface area contributed by atoms with Crippen molar-refractivity contribution in [2.45, 2.75) is 6.92 Å². The van der Waals surface area contributed by atoms with Crippen LogP contribution in [0.5, 0.6) is 0 Å². The van der Waals surface area contributed by atoms with Crippen molar-refractivity contribution < 1.29 is 24.5 Å². The zero-order valence-electron chi connectivity index (χ0n) is 8.10. The summed E-state index contributed by atoms with van der Waals surface area (Å²) in [6.45, 7) is 1.86. The normalized spacial score (nSPS) is 9.67. The molecule has 1 N–H and O–H groups in total. The van der Waals surface area contributed by atoms with Gasteiger partial charge in [-0.05, 0) is 19.1 Å². The highest BCUT2D eigenvalue weighted by atomic mass is 17.2. The van der Waals surface area contributed by atoms with Crippen LogP contribution in [0, 0.1) is 0 Å². The average Bonchev–Trinajstić information content (AvgIpc) is 2.25. The molecule has 0 heterocycles. The van der Waals surface area contributed by atoms with Crippen LogP contribution in [0.4, 0.5) is 0 Å². The van der Waals surface area contributed by atoms with Crippen molar-refractivity contribution in [1.29, 1.82) is 0 Å². The molecule has 0 radical (unpaired) electrons. The summed E-state index contributed by atoms with van der Waals surface area (Å²) in [6.07, 6.45) is 0. The molecule has 0 aliphatic rings. The van der Waals surface area contributed by atoms with E-state index in [1.54, 1.807) is 13.0 Å². The van der Waals surface area contributed by atoms with Gasteiger partial charge >= 0.3 is 11.9 Å². The Balaban J connectivity index is 2.92. The Morgan fingerprint density at radius 1 is 1.27 bits per heavy atom. The van der Waals surface area contributed by atoms with Crippen molar-refractivity contribution in [3.8, 4) is 0 Å². The van der Waals surface area contributed by atoms with Crippen LogP contribution in [0.25, 0.3) is 0 Å². The first kappa shape index (κ1) is 11.2. The van der Waals surface area contributed by atoms with Crippen LogP contribution in [-0.2, 0) is 9.78 Å². The highest BCUT2D eigenvalue weighted by Crippen LogP contribution is 2.10. The maximum absolute atomic E-state index is 11.3. The summed E-state index contributed by atoms with van der Waals surface area (Å²) in [6, 6.07) is 5.77. The van der Waals surface area contributed by atoms with Crippen LogP contribution in [0.15, 0.2) is 24.3 Å². The minimum absolute atomic E-state index is 0.0292. The molecule has 80 valence electrons. The van der Waals surface area contributed by atoms with Gasteiger partial charge in [0, 0.05) is 0 Å². The molecule has 0 aliphatic heterocycles. The first-order chi connectivity index (χ1) is 7.16. The Labute approximate surface area is 86.2 Å². The predicted molar refractivity (Wildman–Crippen MR) is 50.4 cm³/mol. The molecular formula is C10H10O5. The fourth-order valence-electron chi connectivity index (χ4n) is 1.00. The second-order valence-corrected chi connectivity index (χ2v) is 2.63. The minimum Gasteiger partial charge on any atom is -0.478 e. The Morgan fingerprint density at radius 2 is 1.87 bits per heavy atom. The van der Waals surface area contributed by atoms with Crippen LogP contribution in [0.3, 0.4) is 0 Å². The van der Waals surface area contributed by atoms with Gasteiger partial charge in [-0.2, -0.15) is 4.89 Å². The van der Waals surface area contributed by atoms with E-state index >= 15 is 0 Å². The summed E-state index contributed by atoms with van der Waals surface area (Å²) < 4.78 is 0. The largest absolute Gasteiger partial charge is 0.478 e. The van der Waals surface area contributed by atoms with Gasteiger partial charge in [-0.3, -0.25) is 4.89 Å². The summed E-state index contributed by atoms with van der Waals surface area (Å²) in [5, 5.41) is 8.79. The lowest BCUT2D eigenvalue weighted by Crippen LogP contribution is -2.11. The van der Waals surface area contributed by atoms with Crippen LogP contribution < -0.4 is 0 Å². The van der Waals surface area contributed by atoms with Gasteiger partial charge in [0.1, 0.15) is 0 Å². The number of carboxylic acids is 1. The molecule has 1 aromatic carbocycles. The Morgan fingerprint density at radius 3 is 2.40 bits per heavy atom. The van der Waals surface area contributed by atoms with Crippen molar-refractivity contribution >= 4 is 11.9 Å². The highest BCUT2D eigenvalue weighted by molar-refractivity contribution is 6.02. The summed E-state index contributed by atoms with van der Waals surface area (Å²) >= 11 is 0. The monoisotopic (exact) mass is 210 g/mol. The first-order valence-electron chi connectivity index (χ1n) is 4.33. The number of carbonyl (C=O) groups excluding carboxylic acids is 1. The van der Waals surface area contributed by atoms with Crippen LogP contribution in [0.1, 0.15) is 27.6 Å². The Kier molecular flexibility index (Phi) is 3.82. The van der Waals surface area contributed by atoms with E-state index in [2.05, 4.69) is 9.78 Å². The molecule has 5 heteroatoms. The molecule has 0 aliphatic carbocycles. The van der Waals surface area contributed by atoms with E-state index in [0.717, 1.165) is 0 Å². The maximum atomic E-state index is 11.3. The lowest BCUT2D eigenvalue weighted by Gasteiger charge is -2.04. The smallest absolute Gasteiger partial charge is 0.373 e. The van der Waals surface area contributed by atoms with Crippen molar-refractivity contribution in [3.05, 3.63) is 35.4 Å². The molecule has 0 amide bonds. The number of aromatic carboxylic acids is 1. The van der Waals surface area contributed by atoms with Crippen molar-refractivity contribution in [1.82, 2.24) is 0 Å². The molecule has 5 nitrogen and oxygen atoms in total. The predicted octanol–water partition coefficient (Wildman–Crippen LogP) is 1.49. The minimum atomic E-state index is -1.18. The molecule has 0 aromatic heterocycles. The molecule has 15 heavy (non-hydrogen) atoms. The van der Waals surface area contributed by atoms with E-state index in [9.17, 15) is 9.59 Å². The molecule has 1 aromatic rings. The second kappa shape index (κ2) is 5.11. The standard InChI is InChI=1S/C10H10O5/c1-2-14-15-10(13)8-6-4-3-5-7(8)9(11)12/h3-6H,2H2,1H3,(H,11,12). The van der Waals surface area contributed by atoms with Crippen LogP contribution >= 0.6 is 0 Å². The number of benzene rings is 1. The number of rotatable bonds is 4. The van der Waals surface area contributed by atoms with E-state index in [-0.39, 0.29) is 17.7 Å². The van der Waals surface area contributed by atoms with E-state index in [1.807, 2.05) is 0 Å². The van der Waals surface area contributed by atoms with Gasteiger partial charge in [0.2, 0.25) is 0 Å². The highest BCUT2D eigenvalue weighted by Gasteiger charge is 2.17. The van der Waals surface area contributed by atoms with Gasteiger partial charge in [0.25, 0.3) is 0 Å². The SMILES string of the molecule is CCOOC(=O)c1ccccc1C(=O)O. The van der Waals surface area contributed by atoms with E-state index in [4.69, 9.17) is 5.11 Å². The van der Waals surface area contributed by atoms with Crippen molar-refractivity contribution in [2.24, 2.45) is 0 Å². The topological polar surface area (TPSA) is 72.8 Å². The first-order valence-corrected chi connectivity index (χ1v) is 4.33. The lowest BCUT2D eigenvalue weighted by atomic mass is 10.1. The molecule has 0 saturated carbocycles. The number of carboxylic acid groups (broad SMARTS) is 1. The van der Waals surface area contributed by atoms with Gasteiger partial charge in [0.15, 0.2) is 0 Å². The maximum Gasteiger partial charge on any atom is 0.373 e. The summed E-state index contributed by atoms with van der Waals surface area (Å²) in [4.78, 5) is 30.9. The molecule has 0 spiro atoms. The molecule has 0 atom stereocenters. The summed E-state index contributed by atoms with van der Waals surface area (Å²) in [7, 11) is 0. The van der Waals surface area contributed by atoms with Crippen molar-refractivity contribution in [3.63, 3.8) is 0 Å². The van der Waals surface area contributed by atoms with E-state index in [1.165, 1.54) is 18.2 Å². The Hall–Kier alpha value is -1.88. The third-order valence-corrected chi connectivity index (χ3v) is 1.63. The van der Waals surface area contributed by atoms with E-state index < -0.39 is 11.9 Å². The van der Waals surface area contributed by atoms with Gasteiger partial charge < -0.3 is 5.11 Å². The number of hydrogen-bond acceptors (Lipinski definition) is 4. The van der Waals surface area contributed by atoms with Gasteiger partial charge in [-0.25, -0.2) is 9.59 Å². The quantitative estimate of drug-likeness (QED) is 0.602. The second-order valence-electron chi connectivity index (χ2n) is 2.63. The van der Waals surface area contributed by atoms with Crippen LogP contribution in [-0.4, -0.2) is 23.7 Å². The molecule has 1 rings (SSSR count).